The van der Waals surface area contributed by atoms with Crippen LogP contribution in [0.25, 0.3) is 0 Å². The molecular formula is C11H12ClN3OS. The van der Waals surface area contributed by atoms with E-state index in [1.165, 1.54) is 0 Å². The van der Waals surface area contributed by atoms with E-state index in [1.54, 1.807) is 23.9 Å². The van der Waals surface area contributed by atoms with Gasteiger partial charge in [0.2, 0.25) is 5.85 Å². The molecule has 90 valence electrons. The highest BCUT2D eigenvalue weighted by atomic mass is 35.5. The smallest absolute Gasteiger partial charge is 0.228 e. The van der Waals surface area contributed by atoms with Crippen LogP contribution < -0.4 is 5.32 Å². The Hall–Kier alpha value is -0.910. The van der Waals surface area contributed by atoms with E-state index in [0.29, 0.717) is 10.8 Å². The van der Waals surface area contributed by atoms with Gasteiger partial charge in [-0.05, 0) is 24.3 Å². The molecule has 1 aromatic rings. The summed E-state index contributed by atoms with van der Waals surface area (Å²) in [5.41, 5.74) is 0.852. The van der Waals surface area contributed by atoms with E-state index in [2.05, 4.69) is 10.3 Å². The molecule has 2 aliphatic rings. The van der Waals surface area contributed by atoms with Gasteiger partial charge in [-0.3, -0.25) is 4.99 Å². The van der Waals surface area contributed by atoms with Gasteiger partial charge < -0.3 is 15.3 Å². The maximum absolute atomic E-state index is 10.6. The van der Waals surface area contributed by atoms with Crippen LogP contribution in [0.15, 0.2) is 29.3 Å². The Morgan fingerprint density at radius 1 is 1.41 bits per heavy atom. The Labute approximate surface area is 109 Å². The van der Waals surface area contributed by atoms with E-state index in [-0.39, 0.29) is 0 Å². The Morgan fingerprint density at radius 2 is 2.18 bits per heavy atom. The number of aliphatic hydroxyl groups is 1. The second-order valence-electron chi connectivity index (χ2n) is 4.05. The van der Waals surface area contributed by atoms with Crippen LogP contribution in [0.2, 0.25) is 5.02 Å². The van der Waals surface area contributed by atoms with Crippen LogP contribution in [0.5, 0.6) is 0 Å². The first-order chi connectivity index (χ1) is 8.17. The van der Waals surface area contributed by atoms with Gasteiger partial charge >= 0.3 is 0 Å². The number of halogens is 1. The summed E-state index contributed by atoms with van der Waals surface area (Å²) < 4.78 is 0. The van der Waals surface area contributed by atoms with Crippen molar-refractivity contribution in [2.45, 2.75) is 5.85 Å². The lowest BCUT2D eigenvalue weighted by Crippen LogP contribution is -2.52. The van der Waals surface area contributed by atoms with Gasteiger partial charge in [-0.1, -0.05) is 23.4 Å². The Balaban J connectivity index is 1.80. The standard InChI is InChI=1S/C11H12ClN3OS/c12-8-1-3-9(4-2-8)14-11(16)7-17-10-13-5-6-15(10)11/h1-4,14,16H,5-7H2. The van der Waals surface area contributed by atoms with E-state index in [9.17, 15) is 5.11 Å². The molecule has 3 rings (SSSR count). The summed E-state index contributed by atoms with van der Waals surface area (Å²) in [7, 11) is 0. The van der Waals surface area contributed by atoms with Gasteiger partial charge in [0.05, 0.1) is 12.3 Å². The minimum Gasteiger partial charge on any atom is -0.353 e. The van der Waals surface area contributed by atoms with Gasteiger partial charge in [-0.25, -0.2) is 0 Å². The molecule has 1 fully saturated rings. The minimum absolute atomic E-state index is 0.578. The second-order valence-corrected chi connectivity index (χ2v) is 5.43. The van der Waals surface area contributed by atoms with Crippen LogP contribution in [0.3, 0.4) is 0 Å². The van der Waals surface area contributed by atoms with Crippen molar-refractivity contribution in [1.29, 1.82) is 0 Å². The summed E-state index contributed by atoms with van der Waals surface area (Å²) in [5, 5.41) is 15.3. The fourth-order valence-corrected chi connectivity index (χ4v) is 3.27. The average molecular weight is 270 g/mol. The molecule has 2 heterocycles. The Morgan fingerprint density at radius 3 is 2.94 bits per heavy atom. The number of benzene rings is 1. The van der Waals surface area contributed by atoms with Crippen LogP contribution in [0.4, 0.5) is 5.69 Å². The number of anilines is 1. The van der Waals surface area contributed by atoms with E-state index in [4.69, 9.17) is 11.6 Å². The van der Waals surface area contributed by atoms with Gasteiger partial charge in [0.25, 0.3) is 0 Å². The summed E-state index contributed by atoms with van der Waals surface area (Å²) in [6.45, 7) is 1.52. The molecule has 1 saturated heterocycles. The van der Waals surface area contributed by atoms with Crippen LogP contribution in [-0.2, 0) is 0 Å². The van der Waals surface area contributed by atoms with Gasteiger partial charge in [-0.15, -0.1) is 0 Å². The molecule has 17 heavy (non-hydrogen) atoms. The summed E-state index contributed by atoms with van der Waals surface area (Å²) in [5.74, 6) is -0.456. The molecule has 1 unspecified atom stereocenters. The van der Waals surface area contributed by atoms with Crippen LogP contribution in [-0.4, -0.2) is 39.9 Å². The maximum Gasteiger partial charge on any atom is 0.228 e. The third-order valence-electron chi connectivity index (χ3n) is 2.84. The largest absolute Gasteiger partial charge is 0.353 e. The van der Waals surface area contributed by atoms with Gasteiger partial charge in [0.15, 0.2) is 5.17 Å². The first-order valence-corrected chi connectivity index (χ1v) is 6.75. The van der Waals surface area contributed by atoms with Gasteiger partial charge in [-0.2, -0.15) is 0 Å². The fraction of sp³-hybridized carbons (Fsp3) is 0.364. The molecule has 6 heteroatoms. The summed E-state index contributed by atoms with van der Waals surface area (Å²) >= 11 is 7.41. The minimum atomic E-state index is -1.03. The molecule has 0 aromatic heterocycles. The van der Waals surface area contributed by atoms with Crippen molar-refractivity contribution >= 4 is 34.2 Å². The first-order valence-electron chi connectivity index (χ1n) is 5.38. The lowest BCUT2D eigenvalue weighted by Gasteiger charge is -2.33. The van der Waals surface area contributed by atoms with Crippen molar-refractivity contribution in [1.82, 2.24) is 4.90 Å². The molecule has 1 aromatic carbocycles. The number of fused-ring (bicyclic) bond motifs is 1. The van der Waals surface area contributed by atoms with E-state index in [0.717, 1.165) is 23.9 Å². The maximum atomic E-state index is 10.6. The Bertz CT molecular complexity index is 464. The molecule has 1 atom stereocenters. The Kier molecular flexibility index (Phi) is 2.69. The summed E-state index contributed by atoms with van der Waals surface area (Å²) in [6.07, 6.45) is 0. The fourth-order valence-electron chi connectivity index (χ4n) is 2.00. The number of hydrogen-bond acceptors (Lipinski definition) is 5. The highest BCUT2D eigenvalue weighted by molar-refractivity contribution is 8.14. The van der Waals surface area contributed by atoms with Crippen LogP contribution in [0.1, 0.15) is 0 Å². The molecule has 2 aliphatic heterocycles. The topological polar surface area (TPSA) is 47.9 Å². The zero-order valence-electron chi connectivity index (χ0n) is 9.06. The quantitative estimate of drug-likeness (QED) is 0.804. The van der Waals surface area contributed by atoms with Crippen LogP contribution in [0, 0.1) is 0 Å². The summed E-state index contributed by atoms with van der Waals surface area (Å²) in [4.78, 5) is 6.24. The normalized spacial score (nSPS) is 26.9. The van der Waals surface area contributed by atoms with Crippen molar-refractivity contribution in [2.24, 2.45) is 4.99 Å². The number of hydrogen-bond donors (Lipinski definition) is 2. The first kappa shape index (κ1) is 11.2. The lowest BCUT2D eigenvalue weighted by atomic mass is 10.3. The average Bonchev–Trinajstić information content (AvgIpc) is 2.88. The molecule has 4 nitrogen and oxygen atoms in total. The molecular weight excluding hydrogens is 258 g/mol. The van der Waals surface area contributed by atoms with E-state index in [1.807, 2.05) is 17.0 Å². The summed E-state index contributed by atoms with van der Waals surface area (Å²) in [6, 6.07) is 7.31. The number of thioether (sulfide) groups is 1. The van der Waals surface area contributed by atoms with Crippen molar-refractivity contribution in [3.05, 3.63) is 29.3 Å². The van der Waals surface area contributed by atoms with Crippen LogP contribution >= 0.6 is 23.4 Å². The van der Waals surface area contributed by atoms with Gasteiger partial charge in [0, 0.05) is 17.3 Å². The molecule has 0 saturated carbocycles. The van der Waals surface area contributed by atoms with Crippen molar-refractivity contribution in [3.8, 4) is 0 Å². The predicted octanol–water partition coefficient (Wildman–Crippen LogP) is 1.82. The highest BCUT2D eigenvalue weighted by Gasteiger charge is 2.45. The molecule has 0 spiro atoms. The second kappa shape index (κ2) is 4.08. The number of rotatable bonds is 2. The lowest BCUT2D eigenvalue weighted by molar-refractivity contribution is -0.00939. The molecule has 0 bridgehead atoms. The third-order valence-corrected chi connectivity index (χ3v) is 4.25. The number of nitrogens with one attached hydrogen (secondary N) is 1. The van der Waals surface area contributed by atoms with Crippen molar-refractivity contribution in [2.75, 3.05) is 24.2 Å². The monoisotopic (exact) mass is 269 g/mol. The SMILES string of the molecule is OC1(Nc2ccc(Cl)cc2)CSC2=NCCN21. The molecule has 0 amide bonds. The number of aliphatic imine (C=N–C) groups is 1. The zero-order chi connectivity index (χ0) is 11.9. The number of amidine groups is 1. The van der Waals surface area contributed by atoms with Crippen molar-refractivity contribution < 1.29 is 5.11 Å². The third kappa shape index (κ3) is 1.99. The highest BCUT2D eigenvalue weighted by Crippen LogP contribution is 2.34. The number of nitrogens with zero attached hydrogens (tertiary/aromatic N) is 2. The zero-order valence-corrected chi connectivity index (χ0v) is 10.6. The predicted molar refractivity (Wildman–Crippen MR) is 71.5 cm³/mol. The molecule has 0 radical (unpaired) electrons. The van der Waals surface area contributed by atoms with Gasteiger partial charge in [0.1, 0.15) is 0 Å². The van der Waals surface area contributed by atoms with E-state index >= 15 is 0 Å². The molecule has 2 N–H and O–H groups in total. The molecule has 0 aliphatic carbocycles. The van der Waals surface area contributed by atoms with E-state index < -0.39 is 5.85 Å². The van der Waals surface area contributed by atoms with Crippen molar-refractivity contribution in [3.63, 3.8) is 0 Å².